The molecule has 3 rings (SSSR count). The summed E-state index contributed by atoms with van der Waals surface area (Å²) in [6, 6.07) is 10.9. The highest BCUT2D eigenvalue weighted by atomic mass is 79.9. The van der Waals surface area contributed by atoms with E-state index in [4.69, 9.17) is 21.1 Å². The summed E-state index contributed by atoms with van der Waals surface area (Å²) in [5.41, 5.74) is 1.66. The van der Waals surface area contributed by atoms with E-state index >= 15 is 0 Å². The molecule has 0 spiro atoms. The number of hydrogen-bond donors (Lipinski definition) is 0. The zero-order chi connectivity index (χ0) is 21.8. The van der Waals surface area contributed by atoms with E-state index in [0.717, 1.165) is 22.9 Å². The number of rotatable bonds is 7. The number of carbonyl (C=O) groups excluding carboxylic acids is 2. The lowest BCUT2D eigenvalue weighted by Gasteiger charge is -2.16. The molecule has 5 nitrogen and oxygen atoms in total. The van der Waals surface area contributed by atoms with Crippen LogP contribution in [0, 0.1) is 0 Å². The van der Waals surface area contributed by atoms with E-state index < -0.39 is 0 Å². The van der Waals surface area contributed by atoms with Gasteiger partial charge in [-0.25, -0.2) is 0 Å². The maximum absolute atomic E-state index is 12.5. The van der Waals surface area contributed by atoms with Gasteiger partial charge < -0.3 is 9.47 Å². The molecule has 2 amide bonds. The maximum Gasteiger partial charge on any atom is 0.293 e. The van der Waals surface area contributed by atoms with Crippen molar-refractivity contribution in [2.45, 2.75) is 33.4 Å². The van der Waals surface area contributed by atoms with Gasteiger partial charge in [-0.15, -0.1) is 0 Å². The van der Waals surface area contributed by atoms with Gasteiger partial charge in [-0.05, 0) is 89.9 Å². The van der Waals surface area contributed by atoms with Crippen LogP contribution in [-0.4, -0.2) is 28.7 Å². The minimum Gasteiger partial charge on any atom is -0.490 e. The molecular formula is C22H21BrClNO4S. The van der Waals surface area contributed by atoms with Crippen LogP contribution < -0.4 is 9.47 Å². The lowest BCUT2D eigenvalue weighted by atomic mass is 10.1. The topological polar surface area (TPSA) is 55.8 Å². The molecule has 0 radical (unpaired) electrons. The molecule has 1 aliphatic rings. The van der Waals surface area contributed by atoms with Crippen molar-refractivity contribution in [1.82, 2.24) is 4.90 Å². The molecular weight excluding hydrogens is 490 g/mol. The van der Waals surface area contributed by atoms with Crippen LogP contribution in [0.2, 0.25) is 5.02 Å². The average Bonchev–Trinajstić information content (AvgIpc) is 2.94. The van der Waals surface area contributed by atoms with Crippen LogP contribution in [0.15, 0.2) is 45.8 Å². The molecule has 1 heterocycles. The van der Waals surface area contributed by atoms with Gasteiger partial charge in [0.1, 0.15) is 6.61 Å². The fourth-order valence-electron chi connectivity index (χ4n) is 2.93. The molecule has 0 saturated carbocycles. The van der Waals surface area contributed by atoms with Gasteiger partial charge in [0.15, 0.2) is 11.5 Å². The molecule has 8 heteroatoms. The van der Waals surface area contributed by atoms with Crippen LogP contribution in [0.4, 0.5) is 4.79 Å². The largest absolute Gasteiger partial charge is 0.490 e. The highest BCUT2D eigenvalue weighted by molar-refractivity contribution is 9.10. The van der Waals surface area contributed by atoms with E-state index in [-0.39, 0.29) is 17.2 Å². The predicted molar refractivity (Wildman–Crippen MR) is 124 cm³/mol. The summed E-state index contributed by atoms with van der Waals surface area (Å²) in [7, 11) is 0. The van der Waals surface area contributed by atoms with Crippen LogP contribution >= 0.6 is 39.3 Å². The van der Waals surface area contributed by atoms with Gasteiger partial charge in [0.25, 0.3) is 11.1 Å². The molecule has 0 bridgehead atoms. The van der Waals surface area contributed by atoms with Crippen LogP contribution in [-0.2, 0) is 11.4 Å². The Bertz CT molecular complexity index is 1010. The number of nitrogens with zero attached hydrogens (tertiary/aromatic N) is 1. The second-order valence-electron chi connectivity index (χ2n) is 6.83. The third kappa shape index (κ3) is 5.20. The summed E-state index contributed by atoms with van der Waals surface area (Å²) in [6.07, 6.45) is 1.70. The maximum atomic E-state index is 12.5. The van der Waals surface area contributed by atoms with Crippen LogP contribution in [0.25, 0.3) is 6.08 Å². The molecule has 0 aromatic heterocycles. The number of thioether (sulfide) groups is 1. The fraction of sp³-hybridized carbons (Fsp3) is 0.273. The van der Waals surface area contributed by atoms with E-state index in [0.29, 0.717) is 39.1 Å². The first kappa shape index (κ1) is 22.7. The molecule has 1 fully saturated rings. The molecule has 0 aliphatic carbocycles. The number of amides is 2. The Labute approximate surface area is 193 Å². The van der Waals surface area contributed by atoms with Crippen LogP contribution in [0.3, 0.4) is 0 Å². The van der Waals surface area contributed by atoms with Gasteiger partial charge in [0, 0.05) is 11.1 Å². The van der Waals surface area contributed by atoms with Gasteiger partial charge in [-0.1, -0.05) is 23.7 Å². The van der Waals surface area contributed by atoms with Crippen molar-refractivity contribution in [2.24, 2.45) is 0 Å². The van der Waals surface area contributed by atoms with Crippen molar-refractivity contribution in [3.63, 3.8) is 0 Å². The number of benzene rings is 2. The number of ether oxygens (including phenoxy) is 2. The van der Waals surface area contributed by atoms with E-state index in [1.54, 1.807) is 12.1 Å². The monoisotopic (exact) mass is 509 g/mol. The standard InChI is InChI=1S/C22H21BrClNO4S/c1-4-28-18-10-15(11-19-21(26)25(13(2)3)22(27)30-19)9-17(23)20(18)29-12-14-6-5-7-16(24)8-14/h5-11,13H,4,12H2,1-3H3/b19-11-. The average molecular weight is 511 g/mol. The third-order valence-electron chi connectivity index (χ3n) is 4.24. The lowest BCUT2D eigenvalue weighted by molar-refractivity contribution is -0.123. The van der Waals surface area contributed by atoms with E-state index in [1.165, 1.54) is 4.90 Å². The lowest BCUT2D eigenvalue weighted by Crippen LogP contribution is -2.34. The van der Waals surface area contributed by atoms with Gasteiger partial charge in [0.2, 0.25) is 0 Å². The minimum atomic E-state index is -0.282. The second-order valence-corrected chi connectivity index (χ2v) is 9.11. The molecule has 0 N–H and O–H groups in total. The van der Waals surface area contributed by atoms with Gasteiger partial charge in [0.05, 0.1) is 16.0 Å². The Kier molecular flexibility index (Phi) is 7.50. The Hall–Kier alpha value is -1.96. The minimum absolute atomic E-state index is 0.184. The molecule has 1 saturated heterocycles. The molecule has 30 heavy (non-hydrogen) atoms. The summed E-state index contributed by atoms with van der Waals surface area (Å²) < 4.78 is 12.4. The number of hydrogen-bond acceptors (Lipinski definition) is 5. The first-order chi connectivity index (χ1) is 14.3. The molecule has 1 aliphatic heterocycles. The Morgan fingerprint density at radius 3 is 2.60 bits per heavy atom. The fourth-order valence-corrected chi connectivity index (χ4v) is 4.68. The summed E-state index contributed by atoms with van der Waals surface area (Å²) in [5.74, 6) is 0.822. The Balaban J connectivity index is 1.88. The first-order valence-electron chi connectivity index (χ1n) is 9.40. The van der Waals surface area contributed by atoms with E-state index in [9.17, 15) is 9.59 Å². The van der Waals surface area contributed by atoms with Crippen molar-refractivity contribution in [2.75, 3.05) is 6.61 Å². The van der Waals surface area contributed by atoms with Gasteiger partial charge in [-0.3, -0.25) is 14.5 Å². The van der Waals surface area contributed by atoms with Crippen molar-refractivity contribution < 1.29 is 19.1 Å². The quantitative estimate of drug-likeness (QED) is 0.397. The molecule has 158 valence electrons. The predicted octanol–water partition coefficient (Wildman–Crippen LogP) is 6.52. The smallest absolute Gasteiger partial charge is 0.293 e. The molecule has 2 aromatic rings. The van der Waals surface area contributed by atoms with Crippen LogP contribution in [0.1, 0.15) is 31.9 Å². The number of halogens is 2. The molecule has 2 aromatic carbocycles. The van der Waals surface area contributed by atoms with Crippen molar-refractivity contribution in [3.05, 3.63) is 61.9 Å². The highest BCUT2D eigenvalue weighted by Crippen LogP contribution is 2.40. The summed E-state index contributed by atoms with van der Waals surface area (Å²) >= 11 is 10.5. The Morgan fingerprint density at radius 1 is 1.20 bits per heavy atom. The highest BCUT2D eigenvalue weighted by Gasteiger charge is 2.36. The van der Waals surface area contributed by atoms with Crippen molar-refractivity contribution in [3.8, 4) is 11.5 Å². The van der Waals surface area contributed by atoms with E-state index in [1.807, 2.05) is 51.1 Å². The van der Waals surface area contributed by atoms with Crippen molar-refractivity contribution in [1.29, 1.82) is 0 Å². The Morgan fingerprint density at radius 2 is 1.97 bits per heavy atom. The second kappa shape index (κ2) is 9.90. The summed E-state index contributed by atoms with van der Waals surface area (Å²) in [5, 5.41) is 0.387. The van der Waals surface area contributed by atoms with Crippen LogP contribution in [0.5, 0.6) is 11.5 Å². The normalized spacial score (nSPS) is 15.4. The SMILES string of the molecule is CCOc1cc(/C=C2\SC(=O)N(C(C)C)C2=O)cc(Br)c1OCc1cccc(Cl)c1. The third-order valence-corrected chi connectivity index (χ3v) is 5.95. The number of carbonyl (C=O) groups is 2. The zero-order valence-electron chi connectivity index (χ0n) is 16.8. The zero-order valence-corrected chi connectivity index (χ0v) is 19.9. The van der Waals surface area contributed by atoms with Gasteiger partial charge in [-0.2, -0.15) is 0 Å². The molecule has 0 atom stereocenters. The summed E-state index contributed by atoms with van der Waals surface area (Å²) in [6.45, 7) is 6.29. The first-order valence-corrected chi connectivity index (χ1v) is 11.4. The number of imide groups is 1. The van der Waals surface area contributed by atoms with E-state index in [2.05, 4.69) is 15.9 Å². The molecule has 0 unspecified atom stereocenters. The summed E-state index contributed by atoms with van der Waals surface area (Å²) in [4.78, 5) is 26.3. The van der Waals surface area contributed by atoms with Crippen molar-refractivity contribution >= 4 is 56.5 Å². The van der Waals surface area contributed by atoms with Gasteiger partial charge >= 0.3 is 0 Å².